The van der Waals surface area contributed by atoms with Crippen molar-refractivity contribution in [2.75, 3.05) is 6.54 Å². The van der Waals surface area contributed by atoms with Crippen molar-refractivity contribution in [3.63, 3.8) is 0 Å². The maximum atomic E-state index is 12.2. The molecule has 3 heteroatoms. The van der Waals surface area contributed by atoms with E-state index >= 15 is 0 Å². The molecule has 0 bridgehead atoms. The monoisotopic (exact) mass is 248 g/mol. The van der Waals surface area contributed by atoms with E-state index in [-0.39, 0.29) is 11.9 Å². The van der Waals surface area contributed by atoms with Gasteiger partial charge in [0.2, 0.25) is 5.91 Å². The van der Waals surface area contributed by atoms with E-state index in [1.807, 2.05) is 42.2 Å². The lowest BCUT2D eigenvalue weighted by Crippen LogP contribution is -2.43. The van der Waals surface area contributed by atoms with Crippen LogP contribution in [0.25, 0.3) is 0 Å². The maximum absolute atomic E-state index is 12.2. The lowest BCUT2D eigenvalue weighted by Gasteiger charge is -2.25. The number of nitrogens with zero attached hydrogens (tertiary/aromatic N) is 1. The molecular weight excluding hydrogens is 224 g/mol. The molecule has 0 saturated carbocycles. The first-order valence-electron chi connectivity index (χ1n) is 6.62. The van der Waals surface area contributed by atoms with E-state index in [0.717, 1.165) is 12.0 Å². The van der Waals surface area contributed by atoms with Gasteiger partial charge < -0.3 is 10.6 Å². The molecule has 0 unspecified atom stereocenters. The summed E-state index contributed by atoms with van der Waals surface area (Å²) in [5, 5.41) is 0. The van der Waals surface area contributed by atoms with Gasteiger partial charge in [0.15, 0.2) is 0 Å². The summed E-state index contributed by atoms with van der Waals surface area (Å²) in [6.07, 6.45) is 0.740. The molecule has 1 aromatic carbocycles. The average Bonchev–Trinajstić information content (AvgIpc) is 2.35. The molecule has 1 atom stereocenters. The molecule has 0 aliphatic heterocycles. The van der Waals surface area contributed by atoms with Gasteiger partial charge in [-0.15, -0.1) is 0 Å². The quantitative estimate of drug-likeness (QED) is 0.840. The summed E-state index contributed by atoms with van der Waals surface area (Å²) in [5.41, 5.74) is 7.10. The summed E-state index contributed by atoms with van der Waals surface area (Å²) in [4.78, 5) is 14.0. The third-order valence-electron chi connectivity index (χ3n) is 2.95. The second-order valence-corrected chi connectivity index (χ2v) is 5.07. The highest BCUT2D eigenvalue weighted by molar-refractivity contribution is 5.81. The molecule has 100 valence electrons. The summed E-state index contributed by atoms with van der Waals surface area (Å²) >= 11 is 0. The van der Waals surface area contributed by atoms with Crippen molar-refractivity contribution in [2.45, 2.75) is 39.8 Å². The molecule has 1 rings (SSSR count). The topological polar surface area (TPSA) is 46.3 Å². The number of carbonyl (C=O) groups excluding carboxylic acids is 1. The number of rotatable bonds is 6. The van der Waals surface area contributed by atoms with Gasteiger partial charge in [-0.05, 0) is 24.8 Å². The molecule has 0 radical (unpaired) electrons. The van der Waals surface area contributed by atoms with Crippen LogP contribution in [-0.2, 0) is 11.3 Å². The number of benzene rings is 1. The lowest BCUT2D eigenvalue weighted by molar-refractivity contribution is -0.133. The van der Waals surface area contributed by atoms with Gasteiger partial charge in [0.1, 0.15) is 0 Å². The zero-order chi connectivity index (χ0) is 13.5. The number of amides is 1. The Bertz CT molecular complexity index is 362. The van der Waals surface area contributed by atoms with Crippen molar-refractivity contribution in [1.29, 1.82) is 0 Å². The van der Waals surface area contributed by atoms with E-state index < -0.39 is 0 Å². The van der Waals surface area contributed by atoms with Crippen molar-refractivity contribution >= 4 is 5.91 Å². The highest BCUT2D eigenvalue weighted by Gasteiger charge is 2.20. The summed E-state index contributed by atoms with van der Waals surface area (Å²) in [7, 11) is 0. The molecule has 0 aliphatic rings. The van der Waals surface area contributed by atoms with Crippen LogP contribution in [-0.4, -0.2) is 23.4 Å². The SMILES string of the molecule is CCN(Cc1ccccc1)C(=O)[C@H](N)CC(C)C. The first-order chi connectivity index (χ1) is 8.54. The van der Waals surface area contributed by atoms with Crippen molar-refractivity contribution in [3.05, 3.63) is 35.9 Å². The zero-order valence-corrected chi connectivity index (χ0v) is 11.6. The molecule has 18 heavy (non-hydrogen) atoms. The van der Waals surface area contributed by atoms with Crippen LogP contribution in [0.1, 0.15) is 32.8 Å². The van der Waals surface area contributed by atoms with Gasteiger partial charge in [-0.1, -0.05) is 44.2 Å². The second kappa shape index (κ2) is 7.17. The number of hydrogen-bond donors (Lipinski definition) is 1. The predicted molar refractivity (Wildman–Crippen MR) is 75.0 cm³/mol. The first-order valence-corrected chi connectivity index (χ1v) is 6.62. The minimum atomic E-state index is -0.381. The van der Waals surface area contributed by atoms with E-state index in [1.54, 1.807) is 0 Å². The van der Waals surface area contributed by atoms with Gasteiger partial charge in [0, 0.05) is 13.1 Å². The van der Waals surface area contributed by atoms with Gasteiger partial charge in [0.25, 0.3) is 0 Å². The fourth-order valence-electron chi connectivity index (χ4n) is 1.99. The Balaban J connectivity index is 2.63. The number of likely N-dealkylation sites (N-methyl/N-ethyl adjacent to an activating group) is 1. The Hall–Kier alpha value is -1.35. The van der Waals surface area contributed by atoms with E-state index in [2.05, 4.69) is 13.8 Å². The van der Waals surface area contributed by atoms with Crippen molar-refractivity contribution in [3.8, 4) is 0 Å². The Morgan fingerprint density at radius 3 is 2.39 bits per heavy atom. The van der Waals surface area contributed by atoms with Gasteiger partial charge >= 0.3 is 0 Å². The summed E-state index contributed by atoms with van der Waals surface area (Å²) in [5.74, 6) is 0.495. The zero-order valence-electron chi connectivity index (χ0n) is 11.6. The smallest absolute Gasteiger partial charge is 0.239 e. The second-order valence-electron chi connectivity index (χ2n) is 5.07. The molecule has 2 N–H and O–H groups in total. The van der Waals surface area contributed by atoms with E-state index in [0.29, 0.717) is 19.0 Å². The fraction of sp³-hybridized carbons (Fsp3) is 0.533. The third kappa shape index (κ3) is 4.49. The Kier molecular flexibility index (Phi) is 5.86. The van der Waals surface area contributed by atoms with E-state index in [4.69, 9.17) is 5.73 Å². The Labute approximate surface area is 110 Å². The van der Waals surface area contributed by atoms with Gasteiger partial charge in [-0.3, -0.25) is 4.79 Å². The molecule has 1 amide bonds. The van der Waals surface area contributed by atoms with E-state index in [1.165, 1.54) is 0 Å². The van der Waals surface area contributed by atoms with Crippen LogP contribution >= 0.6 is 0 Å². The molecule has 1 aromatic rings. The van der Waals surface area contributed by atoms with Crippen LogP contribution in [0.2, 0.25) is 0 Å². The van der Waals surface area contributed by atoms with Crippen LogP contribution < -0.4 is 5.73 Å². The Morgan fingerprint density at radius 1 is 1.28 bits per heavy atom. The molecule has 0 saturated heterocycles. The number of hydrogen-bond acceptors (Lipinski definition) is 2. The fourth-order valence-corrected chi connectivity index (χ4v) is 1.99. The molecule has 0 aromatic heterocycles. The van der Waals surface area contributed by atoms with Gasteiger partial charge in [-0.2, -0.15) is 0 Å². The molecule has 0 aliphatic carbocycles. The van der Waals surface area contributed by atoms with Crippen LogP contribution in [0.3, 0.4) is 0 Å². The highest BCUT2D eigenvalue weighted by Crippen LogP contribution is 2.09. The molecule has 0 spiro atoms. The normalized spacial score (nSPS) is 12.5. The molecular formula is C15H24N2O. The van der Waals surface area contributed by atoms with Crippen LogP contribution in [0.15, 0.2) is 30.3 Å². The van der Waals surface area contributed by atoms with Crippen molar-refractivity contribution in [2.24, 2.45) is 11.7 Å². The van der Waals surface area contributed by atoms with Gasteiger partial charge in [-0.25, -0.2) is 0 Å². The lowest BCUT2D eigenvalue weighted by atomic mass is 10.0. The first kappa shape index (κ1) is 14.7. The molecule has 0 fully saturated rings. The van der Waals surface area contributed by atoms with Gasteiger partial charge in [0.05, 0.1) is 6.04 Å². The summed E-state index contributed by atoms with van der Waals surface area (Å²) < 4.78 is 0. The maximum Gasteiger partial charge on any atom is 0.239 e. The standard InChI is InChI=1S/C15H24N2O/c1-4-17(11-13-8-6-5-7-9-13)15(18)14(16)10-12(2)3/h5-9,12,14H,4,10-11,16H2,1-3H3/t14-/m1/s1. The van der Waals surface area contributed by atoms with E-state index in [9.17, 15) is 4.79 Å². The number of carbonyl (C=O) groups is 1. The number of nitrogens with two attached hydrogens (primary N) is 1. The molecule has 3 nitrogen and oxygen atoms in total. The minimum Gasteiger partial charge on any atom is -0.337 e. The average molecular weight is 248 g/mol. The molecule has 0 heterocycles. The largest absolute Gasteiger partial charge is 0.337 e. The highest BCUT2D eigenvalue weighted by atomic mass is 16.2. The van der Waals surface area contributed by atoms with Crippen LogP contribution in [0.4, 0.5) is 0 Å². The predicted octanol–water partition coefficient (Wildman–Crippen LogP) is 2.41. The summed E-state index contributed by atoms with van der Waals surface area (Å²) in [6, 6.07) is 9.64. The summed E-state index contributed by atoms with van der Waals surface area (Å²) in [6.45, 7) is 7.49. The Morgan fingerprint density at radius 2 is 1.89 bits per heavy atom. The van der Waals surface area contributed by atoms with Crippen molar-refractivity contribution < 1.29 is 4.79 Å². The van der Waals surface area contributed by atoms with Crippen molar-refractivity contribution in [1.82, 2.24) is 4.90 Å². The van der Waals surface area contributed by atoms with Crippen LogP contribution in [0, 0.1) is 5.92 Å². The van der Waals surface area contributed by atoms with Crippen LogP contribution in [0.5, 0.6) is 0 Å². The third-order valence-corrected chi connectivity index (χ3v) is 2.95. The minimum absolute atomic E-state index is 0.0510.